The lowest BCUT2D eigenvalue weighted by Gasteiger charge is -2.32. The van der Waals surface area contributed by atoms with Crippen molar-refractivity contribution in [2.45, 2.75) is 31.5 Å². The number of esters is 2. The third kappa shape index (κ3) is 9.83. The van der Waals surface area contributed by atoms with E-state index in [2.05, 4.69) is 15.4 Å². The van der Waals surface area contributed by atoms with Crippen molar-refractivity contribution in [1.29, 1.82) is 0 Å². The number of carbonyl (C=O) groups excluding carboxylic acids is 2. The second kappa shape index (κ2) is 17.3. The van der Waals surface area contributed by atoms with Crippen LogP contribution in [0.25, 0.3) is 0 Å². The molecule has 3 N–H and O–H groups in total. The van der Waals surface area contributed by atoms with E-state index in [-0.39, 0.29) is 49.6 Å². The first-order valence-electron chi connectivity index (χ1n) is 15.5. The quantitative estimate of drug-likeness (QED) is 0.0821. The van der Waals surface area contributed by atoms with Gasteiger partial charge in [0.2, 0.25) is 0 Å². The molecule has 0 amide bonds. The predicted molar refractivity (Wildman–Crippen MR) is 174 cm³/mol. The zero-order chi connectivity index (χ0) is 36.3. The minimum Gasteiger partial charge on any atom is -0.492 e. The number of para-hydroxylation sites is 2. The Morgan fingerprint density at radius 3 is 2.40 bits per heavy atom. The number of aliphatic hydroxyl groups is 1. The Kier molecular flexibility index (Phi) is 12.9. The van der Waals surface area contributed by atoms with Crippen LogP contribution in [0.2, 0.25) is 0 Å². The molecule has 15 heteroatoms. The van der Waals surface area contributed by atoms with Crippen LogP contribution in [0.5, 0.6) is 11.5 Å². The smallest absolute Gasteiger partial charge is 0.431 e. The maximum atomic E-state index is 14.2. The maximum Gasteiger partial charge on any atom is 0.431 e. The summed E-state index contributed by atoms with van der Waals surface area (Å²) in [5.74, 6) is -2.95. The molecule has 2 atom stereocenters. The summed E-state index contributed by atoms with van der Waals surface area (Å²) in [6, 6.07) is 20.8. The monoisotopic (exact) mass is 699 g/mol. The number of hydrogen-bond acceptors (Lipinski definition) is 11. The molecule has 1 aliphatic heterocycles. The van der Waals surface area contributed by atoms with E-state index in [1.54, 1.807) is 36.4 Å². The van der Waals surface area contributed by atoms with Gasteiger partial charge in [0.05, 0.1) is 35.7 Å². The molecular weight excluding hydrogens is 663 g/mol. The van der Waals surface area contributed by atoms with Gasteiger partial charge in [0.25, 0.3) is 5.69 Å². The van der Waals surface area contributed by atoms with Gasteiger partial charge in [0.15, 0.2) is 0 Å². The fourth-order valence-electron chi connectivity index (χ4n) is 5.26. The van der Waals surface area contributed by atoms with Crippen molar-refractivity contribution in [3.63, 3.8) is 0 Å². The minimum atomic E-state index is -5.06. The van der Waals surface area contributed by atoms with Crippen LogP contribution >= 0.6 is 0 Å². The van der Waals surface area contributed by atoms with E-state index in [1.807, 2.05) is 18.2 Å². The Labute approximate surface area is 285 Å². The predicted octanol–water partition coefficient (Wildman–Crippen LogP) is 4.74. The number of non-ortho nitro benzene ring substituents is 1. The lowest BCUT2D eigenvalue weighted by atomic mass is 9.80. The summed E-state index contributed by atoms with van der Waals surface area (Å²) in [6.45, 7) is 2.03. The standard InChI is InChI=1S/C35H36F3N3O9/c1-22-29(30(24-10-8-11-25(19-24)41(45)46)31(33(43)47-2)32(40-22)35(36,37)38)34(44)49-17-15-23-9-6-7-14-28(23)48-18-16-39-20-26(42)21-50-27-12-4-3-5-13-27/h3-14,19,26,30,39-40,42H,15-18,20-21H2,1-2H3. The van der Waals surface area contributed by atoms with Crippen LogP contribution in [0.3, 0.4) is 0 Å². The number of carbonyl (C=O) groups is 2. The summed E-state index contributed by atoms with van der Waals surface area (Å²) in [6.07, 6.45) is -5.64. The third-order valence-electron chi connectivity index (χ3n) is 7.57. The number of nitro groups is 1. The molecule has 266 valence electrons. The van der Waals surface area contributed by atoms with Crippen LogP contribution in [0.4, 0.5) is 18.9 Å². The van der Waals surface area contributed by atoms with Crippen molar-refractivity contribution in [1.82, 2.24) is 10.6 Å². The summed E-state index contributed by atoms with van der Waals surface area (Å²) >= 11 is 0. The Morgan fingerprint density at radius 2 is 1.70 bits per heavy atom. The van der Waals surface area contributed by atoms with E-state index in [0.717, 1.165) is 19.2 Å². The fraction of sp³-hybridized carbons (Fsp3) is 0.314. The molecule has 0 spiro atoms. The van der Waals surface area contributed by atoms with Crippen LogP contribution in [0.15, 0.2) is 101 Å². The first-order valence-corrected chi connectivity index (χ1v) is 15.5. The Balaban J connectivity index is 1.41. The summed E-state index contributed by atoms with van der Waals surface area (Å²) in [7, 11) is 0.887. The molecule has 0 bridgehead atoms. The summed E-state index contributed by atoms with van der Waals surface area (Å²) in [5, 5.41) is 26.8. The van der Waals surface area contributed by atoms with Crippen molar-refractivity contribution in [2.24, 2.45) is 0 Å². The van der Waals surface area contributed by atoms with Crippen LogP contribution in [-0.2, 0) is 25.5 Å². The van der Waals surface area contributed by atoms with E-state index in [0.29, 0.717) is 23.6 Å². The van der Waals surface area contributed by atoms with E-state index in [9.17, 15) is 38.0 Å². The lowest BCUT2D eigenvalue weighted by molar-refractivity contribution is -0.384. The molecule has 0 aromatic heterocycles. The molecule has 2 unspecified atom stereocenters. The number of benzene rings is 3. The highest BCUT2D eigenvalue weighted by Crippen LogP contribution is 2.44. The zero-order valence-electron chi connectivity index (χ0n) is 27.2. The summed E-state index contributed by atoms with van der Waals surface area (Å²) in [5.41, 5.74) is -2.88. The number of hydrogen-bond donors (Lipinski definition) is 3. The van der Waals surface area contributed by atoms with Gasteiger partial charge in [0, 0.05) is 37.3 Å². The molecular formula is C35H36F3N3O9. The summed E-state index contributed by atoms with van der Waals surface area (Å²) in [4.78, 5) is 37.1. The van der Waals surface area contributed by atoms with Gasteiger partial charge in [-0.25, -0.2) is 9.59 Å². The van der Waals surface area contributed by atoms with Gasteiger partial charge in [0.1, 0.15) is 36.5 Å². The molecule has 1 aliphatic rings. The second-order valence-electron chi connectivity index (χ2n) is 11.1. The van der Waals surface area contributed by atoms with Crippen molar-refractivity contribution in [3.8, 4) is 11.5 Å². The SMILES string of the molecule is COC(=O)C1=C(C(F)(F)F)NC(C)=C(C(=O)OCCc2ccccc2OCCNCC(O)COc2ccccc2)C1c1cccc([N+](=O)[O-])c1. The molecule has 4 rings (SSSR count). The van der Waals surface area contributed by atoms with E-state index in [1.165, 1.54) is 19.1 Å². The number of nitrogens with zero attached hydrogens (tertiary/aromatic N) is 1. The lowest BCUT2D eigenvalue weighted by Crippen LogP contribution is -2.38. The molecule has 3 aromatic carbocycles. The topological polar surface area (TPSA) is 158 Å². The number of nitro benzene ring substituents is 1. The minimum absolute atomic E-state index is 0.113. The van der Waals surface area contributed by atoms with Gasteiger partial charge in [-0.3, -0.25) is 10.1 Å². The van der Waals surface area contributed by atoms with Crippen LogP contribution < -0.4 is 20.1 Å². The second-order valence-corrected chi connectivity index (χ2v) is 11.1. The number of rotatable bonds is 16. The number of allylic oxidation sites excluding steroid dienone is 2. The number of nitrogens with one attached hydrogen (secondary N) is 2. The van der Waals surface area contributed by atoms with E-state index < -0.39 is 52.0 Å². The molecule has 1 heterocycles. The van der Waals surface area contributed by atoms with Gasteiger partial charge in [-0.15, -0.1) is 0 Å². The Morgan fingerprint density at radius 1 is 0.980 bits per heavy atom. The van der Waals surface area contributed by atoms with Crippen molar-refractivity contribution in [3.05, 3.63) is 123 Å². The highest BCUT2D eigenvalue weighted by molar-refractivity contribution is 6.00. The molecule has 3 aromatic rings. The van der Waals surface area contributed by atoms with Gasteiger partial charge >= 0.3 is 18.1 Å². The first kappa shape index (κ1) is 37.4. The molecule has 0 saturated carbocycles. The molecule has 50 heavy (non-hydrogen) atoms. The average molecular weight is 700 g/mol. The van der Waals surface area contributed by atoms with Gasteiger partial charge < -0.3 is 34.7 Å². The number of halogens is 3. The largest absolute Gasteiger partial charge is 0.492 e. The first-order chi connectivity index (χ1) is 23.9. The van der Waals surface area contributed by atoms with Crippen molar-refractivity contribution >= 4 is 17.6 Å². The number of dihydropyridines is 1. The number of aliphatic hydroxyl groups excluding tert-OH is 1. The van der Waals surface area contributed by atoms with E-state index >= 15 is 0 Å². The number of methoxy groups -OCH3 is 1. The van der Waals surface area contributed by atoms with Crippen LogP contribution in [0.1, 0.15) is 24.0 Å². The number of alkyl halides is 3. The average Bonchev–Trinajstić information content (AvgIpc) is 3.10. The molecule has 0 saturated heterocycles. The Bertz CT molecular complexity index is 1730. The number of ether oxygens (including phenoxy) is 4. The highest BCUT2D eigenvalue weighted by atomic mass is 19.4. The van der Waals surface area contributed by atoms with Gasteiger partial charge in [-0.1, -0.05) is 48.5 Å². The van der Waals surface area contributed by atoms with Gasteiger partial charge in [-0.2, -0.15) is 13.2 Å². The zero-order valence-corrected chi connectivity index (χ0v) is 27.2. The summed E-state index contributed by atoms with van der Waals surface area (Å²) < 4.78 is 64.1. The fourth-order valence-corrected chi connectivity index (χ4v) is 5.26. The normalized spacial score (nSPS) is 15.2. The Hall–Kier alpha value is -5.41. The maximum absolute atomic E-state index is 14.2. The molecule has 12 nitrogen and oxygen atoms in total. The molecule has 0 radical (unpaired) electrons. The highest BCUT2D eigenvalue weighted by Gasteiger charge is 2.47. The van der Waals surface area contributed by atoms with Crippen LogP contribution in [-0.4, -0.2) is 74.3 Å². The van der Waals surface area contributed by atoms with Crippen LogP contribution in [0, 0.1) is 10.1 Å². The molecule has 0 fully saturated rings. The molecule has 0 aliphatic carbocycles. The van der Waals surface area contributed by atoms with Crippen molar-refractivity contribution in [2.75, 3.05) is 40.0 Å². The van der Waals surface area contributed by atoms with E-state index in [4.69, 9.17) is 14.2 Å². The third-order valence-corrected chi connectivity index (χ3v) is 7.57. The van der Waals surface area contributed by atoms with Crippen molar-refractivity contribution < 1.29 is 51.7 Å². The van der Waals surface area contributed by atoms with Gasteiger partial charge in [-0.05, 0) is 36.2 Å².